The van der Waals surface area contributed by atoms with Crippen LogP contribution in [0.1, 0.15) is 47.7 Å². The second kappa shape index (κ2) is 6.58. The predicted molar refractivity (Wildman–Crippen MR) is 79.4 cm³/mol. The fraction of sp³-hybridized carbons (Fsp3) is 0.471. The molecule has 1 aromatic rings. The number of benzene rings is 1. The Hall–Kier alpha value is -1.79. The SMILES string of the molecule is Cc1ccc(C#CCO)cc1C(=O)NC(C)CC1CC1. The first-order chi connectivity index (χ1) is 9.60. The maximum atomic E-state index is 12.3. The second-order valence-corrected chi connectivity index (χ2v) is 5.54. The van der Waals surface area contributed by atoms with Gasteiger partial charge in [-0.1, -0.05) is 30.7 Å². The molecule has 3 nitrogen and oxygen atoms in total. The van der Waals surface area contributed by atoms with Gasteiger partial charge in [-0.05, 0) is 43.9 Å². The van der Waals surface area contributed by atoms with E-state index in [0.717, 1.165) is 23.5 Å². The quantitative estimate of drug-likeness (QED) is 0.825. The van der Waals surface area contributed by atoms with Crippen LogP contribution in [0.3, 0.4) is 0 Å². The Labute approximate surface area is 120 Å². The molecule has 1 atom stereocenters. The van der Waals surface area contributed by atoms with E-state index in [1.165, 1.54) is 12.8 Å². The van der Waals surface area contributed by atoms with Crippen molar-refractivity contribution in [3.8, 4) is 11.8 Å². The highest BCUT2D eigenvalue weighted by atomic mass is 16.2. The first-order valence-electron chi connectivity index (χ1n) is 7.11. The summed E-state index contributed by atoms with van der Waals surface area (Å²) in [6, 6.07) is 5.75. The number of aryl methyl sites for hydroxylation is 1. The van der Waals surface area contributed by atoms with Gasteiger partial charge in [0.15, 0.2) is 0 Å². The van der Waals surface area contributed by atoms with Gasteiger partial charge < -0.3 is 10.4 Å². The summed E-state index contributed by atoms with van der Waals surface area (Å²) in [5.74, 6) is 6.19. The van der Waals surface area contributed by atoms with Crippen LogP contribution in [0.5, 0.6) is 0 Å². The zero-order valence-electron chi connectivity index (χ0n) is 12.1. The van der Waals surface area contributed by atoms with Gasteiger partial charge in [-0.3, -0.25) is 4.79 Å². The van der Waals surface area contributed by atoms with Crippen LogP contribution < -0.4 is 5.32 Å². The fourth-order valence-electron chi connectivity index (χ4n) is 2.30. The van der Waals surface area contributed by atoms with Crippen LogP contribution in [0.25, 0.3) is 0 Å². The number of hydrogen-bond acceptors (Lipinski definition) is 2. The first kappa shape index (κ1) is 14.6. The van der Waals surface area contributed by atoms with Crippen LogP contribution in [0.15, 0.2) is 18.2 Å². The topological polar surface area (TPSA) is 49.3 Å². The molecule has 3 heteroatoms. The third-order valence-electron chi connectivity index (χ3n) is 3.56. The van der Waals surface area contributed by atoms with Crippen molar-refractivity contribution in [2.45, 2.75) is 39.2 Å². The van der Waals surface area contributed by atoms with Gasteiger partial charge in [0.2, 0.25) is 0 Å². The third-order valence-corrected chi connectivity index (χ3v) is 3.56. The van der Waals surface area contributed by atoms with E-state index in [4.69, 9.17) is 5.11 Å². The molecule has 1 amide bonds. The number of nitrogens with one attached hydrogen (secondary N) is 1. The monoisotopic (exact) mass is 271 g/mol. The molecular weight excluding hydrogens is 250 g/mol. The summed E-state index contributed by atoms with van der Waals surface area (Å²) in [7, 11) is 0. The summed E-state index contributed by atoms with van der Waals surface area (Å²) < 4.78 is 0. The van der Waals surface area contributed by atoms with Gasteiger partial charge in [0.05, 0.1) is 0 Å². The van der Waals surface area contributed by atoms with Gasteiger partial charge in [-0.2, -0.15) is 0 Å². The molecule has 1 aliphatic rings. The van der Waals surface area contributed by atoms with E-state index in [1.807, 2.05) is 19.1 Å². The van der Waals surface area contributed by atoms with Gasteiger partial charge >= 0.3 is 0 Å². The molecule has 20 heavy (non-hydrogen) atoms. The van der Waals surface area contributed by atoms with Crippen LogP contribution in [0.2, 0.25) is 0 Å². The molecule has 0 aliphatic heterocycles. The second-order valence-electron chi connectivity index (χ2n) is 5.54. The molecule has 0 saturated heterocycles. The molecule has 106 valence electrons. The summed E-state index contributed by atoms with van der Waals surface area (Å²) in [6.45, 7) is 3.80. The average molecular weight is 271 g/mol. The van der Waals surface area contributed by atoms with Crippen molar-refractivity contribution in [2.24, 2.45) is 5.92 Å². The van der Waals surface area contributed by atoms with E-state index in [0.29, 0.717) is 5.56 Å². The van der Waals surface area contributed by atoms with Gasteiger partial charge in [0.25, 0.3) is 5.91 Å². The first-order valence-corrected chi connectivity index (χ1v) is 7.11. The lowest BCUT2D eigenvalue weighted by molar-refractivity contribution is 0.0937. The van der Waals surface area contributed by atoms with Crippen molar-refractivity contribution < 1.29 is 9.90 Å². The van der Waals surface area contributed by atoms with E-state index in [-0.39, 0.29) is 18.6 Å². The molecule has 1 unspecified atom stereocenters. The molecule has 1 saturated carbocycles. The summed E-state index contributed by atoms with van der Waals surface area (Å²) in [6.07, 6.45) is 3.66. The highest BCUT2D eigenvalue weighted by Crippen LogP contribution is 2.33. The molecule has 0 aromatic heterocycles. The normalized spacial score (nSPS) is 15.2. The van der Waals surface area contributed by atoms with Crippen molar-refractivity contribution in [3.63, 3.8) is 0 Å². The number of aliphatic hydroxyl groups excluding tert-OH is 1. The van der Waals surface area contributed by atoms with E-state index in [1.54, 1.807) is 6.07 Å². The molecule has 2 rings (SSSR count). The summed E-state index contributed by atoms with van der Waals surface area (Å²) in [5, 5.41) is 11.8. The van der Waals surface area contributed by atoms with Gasteiger partial charge in [0, 0.05) is 17.2 Å². The minimum absolute atomic E-state index is 0.0386. The molecule has 0 bridgehead atoms. The molecule has 0 radical (unpaired) electrons. The number of carbonyl (C=O) groups is 1. The summed E-state index contributed by atoms with van der Waals surface area (Å²) in [5.41, 5.74) is 2.36. The molecule has 1 aliphatic carbocycles. The number of amides is 1. The minimum Gasteiger partial charge on any atom is -0.384 e. The smallest absolute Gasteiger partial charge is 0.251 e. The fourth-order valence-corrected chi connectivity index (χ4v) is 2.30. The van der Waals surface area contributed by atoms with Crippen LogP contribution >= 0.6 is 0 Å². The Bertz CT molecular complexity index is 550. The Kier molecular flexibility index (Phi) is 4.81. The van der Waals surface area contributed by atoms with Crippen molar-refractivity contribution in [3.05, 3.63) is 34.9 Å². The van der Waals surface area contributed by atoms with Crippen LogP contribution in [-0.4, -0.2) is 23.7 Å². The Morgan fingerprint density at radius 1 is 1.50 bits per heavy atom. The molecule has 1 fully saturated rings. The summed E-state index contributed by atoms with van der Waals surface area (Å²) in [4.78, 5) is 12.3. The highest BCUT2D eigenvalue weighted by Gasteiger charge is 2.24. The molecular formula is C17H21NO2. The molecule has 0 spiro atoms. The van der Waals surface area contributed by atoms with Crippen LogP contribution in [0.4, 0.5) is 0 Å². The van der Waals surface area contributed by atoms with E-state index < -0.39 is 0 Å². The van der Waals surface area contributed by atoms with Gasteiger partial charge in [-0.15, -0.1) is 0 Å². The number of aliphatic hydroxyl groups is 1. The highest BCUT2D eigenvalue weighted by molar-refractivity contribution is 5.96. The standard InChI is InChI=1S/C17H21NO2/c1-12-5-6-14(4-3-9-19)11-16(12)17(20)18-13(2)10-15-7-8-15/h5-6,11,13,15,19H,7-10H2,1-2H3,(H,18,20). The van der Waals surface area contributed by atoms with Crippen molar-refractivity contribution in [2.75, 3.05) is 6.61 Å². The minimum atomic E-state index is -0.173. The lowest BCUT2D eigenvalue weighted by Gasteiger charge is -2.14. The lowest BCUT2D eigenvalue weighted by Crippen LogP contribution is -2.33. The van der Waals surface area contributed by atoms with Crippen LogP contribution in [-0.2, 0) is 0 Å². The van der Waals surface area contributed by atoms with E-state index >= 15 is 0 Å². The largest absolute Gasteiger partial charge is 0.384 e. The van der Waals surface area contributed by atoms with Crippen molar-refractivity contribution in [1.29, 1.82) is 0 Å². The van der Waals surface area contributed by atoms with Crippen LogP contribution in [0, 0.1) is 24.7 Å². The lowest BCUT2D eigenvalue weighted by atomic mass is 10.0. The van der Waals surface area contributed by atoms with Crippen molar-refractivity contribution >= 4 is 5.91 Å². The molecule has 1 aromatic carbocycles. The van der Waals surface area contributed by atoms with E-state index in [9.17, 15) is 4.79 Å². The summed E-state index contributed by atoms with van der Waals surface area (Å²) >= 11 is 0. The van der Waals surface area contributed by atoms with Crippen molar-refractivity contribution in [1.82, 2.24) is 5.32 Å². The third kappa shape index (κ3) is 4.11. The van der Waals surface area contributed by atoms with E-state index in [2.05, 4.69) is 24.1 Å². The van der Waals surface area contributed by atoms with Gasteiger partial charge in [0.1, 0.15) is 6.61 Å². The Morgan fingerprint density at radius 3 is 2.90 bits per heavy atom. The zero-order valence-corrected chi connectivity index (χ0v) is 12.1. The zero-order chi connectivity index (χ0) is 14.5. The Morgan fingerprint density at radius 2 is 2.25 bits per heavy atom. The Balaban J connectivity index is 2.07. The maximum absolute atomic E-state index is 12.3. The predicted octanol–water partition coefficient (Wildman–Crippen LogP) is 2.26. The van der Waals surface area contributed by atoms with Gasteiger partial charge in [-0.25, -0.2) is 0 Å². The number of rotatable bonds is 4. The number of hydrogen-bond donors (Lipinski definition) is 2. The maximum Gasteiger partial charge on any atom is 0.251 e. The molecule has 2 N–H and O–H groups in total. The molecule has 0 heterocycles. The average Bonchev–Trinajstić information content (AvgIpc) is 3.21. The number of carbonyl (C=O) groups excluding carboxylic acids is 1.